The van der Waals surface area contributed by atoms with Gasteiger partial charge in [0, 0.05) is 0 Å². The largest absolute Gasteiger partial charge is 0.371 e. The number of carbonyl (C=O) groups is 2. The first-order chi connectivity index (χ1) is 7.49. The van der Waals surface area contributed by atoms with Crippen LogP contribution < -0.4 is 5.32 Å². The van der Waals surface area contributed by atoms with Crippen LogP contribution in [0.15, 0.2) is 12.7 Å². The second-order valence-electron chi connectivity index (χ2n) is 4.03. The van der Waals surface area contributed by atoms with Crippen LogP contribution in [0.1, 0.15) is 27.2 Å². The van der Waals surface area contributed by atoms with E-state index in [1.165, 1.54) is 6.92 Å². The maximum atomic E-state index is 11.4. The van der Waals surface area contributed by atoms with E-state index < -0.39 is 6.04 Å². The van der Waals surface area contributed by atoms with Gasteiger partial charge in [-0.2, -0.15) is 0 Å². The molecule has 0 aromatic heterocycles. The highest BCUT2D eigenvalue weighted by atomic mass is 16.5. The molecule has 1 unspecified atom stereocenters. The Balaban J connectivity index is 3.91. The normalized spacial score (nSPS) is 12.2. The molecule has 0 heterocycles. The molecule has 0 aliphatic carbocycles. The van der Waals surface area contributed by atoms with Crippen LogP contribution in [-0.2, 0) is 14.3 Å². The zero-order chi connectivity index (χ0) is 12.6. The summed E-state index contributed by atoms with van der Waals surface area (Å²) in [4.78, 5) is 22.6. The first-order valence-corrected chi connectivity index (χ1v) is 5.47. The molecule has 4 heteroatoms. The van der Waals surface area contributed by atoms with E-state index in [4.69, 9.17) is 4.74 Å². The van der Waals surface area contributed by atoms with Gasteiger partial charge in [0.05, 0.1) is 12.6 Å². The number of amides is 1. The highest BCUT2D eigenvalue weighted by Gasteiger charge is 2.20. The molecule has 0 rings (SSSR count). The Hall–Kier alpha value is -1.16. The minimum absolute atomic E-state index is 0.00958. The van der Waals surface area contributed by atoms with Crippen molar-refractivity contribution >= 4 is 11.7 Å². The minimum atomic E-state index is -0.421. The second-order valence-corrected chi connectivity index (χ2v) is 4.03. The molecule has 1 atom stereocenters. The van der Waals surface area contributed by atoms with Gasteiger partial charge in [0.15, 0.2) is 5.78 Å². The lowest BCUT2D eigenvalue weighted by Gasteiger charge is -2.19. The summed E-state index contributed by atoms with van der Waals surface area (Å²) >= 11 is 0. The Morgan fingerprint density at radius 3 is 2.50 bits per heavy atom. The average Bonchev–Trinajstić information content (AvgIpc) is 2.20. The molecule has 0 spiro atoms. The SMILES string of the molecule is C=CCCOCC(=O)NC(C(C)=O)C(C)C. The molecule has 0 saturated carbocycles. The number of hydrogen-bond donors (Lipinski definition) is 1. The molecule has 92 valence electrons. The van der Waals surface area contributed by atoms with Gasteiger partial charge in [-0.05, 0) is 19.3 Å². The zero-order valence-corrected chi connectivity index (χ0v) is 10.3. The van der Waals surface area contributed by atoms with E-state index in [0.717, 1.165) is 0 Å². The van der Waals surface area contributed by atoms with Crippen LogP contribution in [0.4, 0.5) is 0 Å². The van der Waals surface area contributed by atoms with Crippen molar-refractivity contribution < 1.29 is 14.3 Å². The summed E-state index contributed by atoms with van der Waals surface area (Å²) in [6, 6.07) is -0.421. The molecule has 0 aliphatic rings. The van der Waals surface area contributed by atoms with Crippen molar-refractivity contribution in [3.8, 4) is 0 Å². The molecule has 4 nitrogen and oxygen atoms in total. The maximum absolute atomic E-state index is 11.4. The van der Waals surface area contributed by atoms with Gasteiger partial charge >= 0.3 is 0 Å². The summed E-state index contributed by atoms with van der Waals surface area (Å²) in [6.07, 6.45) is 2.44. The summed E-state index contributed by atoms with van der Waals surface area (Å²) in [5.41, 5.74) is 0. The number of ether oxygens (including phenoxy) is 1. The third-order valence-electron chi connectivity index (χ3n) is 2.12. The molecule has 16 heavy (non-hydrogen) atoms. The van der Waals surface area contributed by atoms with Crippen molar-refractivity contribution in [2.75, 3.05) is 13.2 Å². The van der Waals surface area contributed by atoms with Crippen LogP contribution in [0.2, 0.25) is 0 Å². The molecule has 1 N–H and O–H groups in total. The van der Waals surface area contributed by atoms with Crippen LogP contribution in [0.3, 0.4) is 0 Å². The molecule has 0 aromatic carbocycles. The summed E-state index contributed by atoms with van der Waals surface area (Å²) in [6.45, 7) is 9.28. The Bertz CT molecular complexity index is 249. The van der Waals surface area contributed by atoms with Crippen molar-refractivity contribution in [2.24, 2.45) is 5.92 Å². The monoisotopic (exact) mass is 227 g/mol. The van der Waals surface area contributed by atoms with Crippen molar-refractivity contribution in [1.29, 1.82) is 0 Å². The lowest BCUT2D eigenvalue weighted by molar-refractivity contribution is -0.130. The molecular weight excluding hydrogens is 206 g/mol. The molecular formula is C12H21NO3. The van der Waals surface area contributed by atoms with E-state index in [2.05, 4.69) is 11.9 Å². The summed E-state index contributed by atoms with van der Waals surface area (Å²) in [5.74, 6) is -0.193. The number of Topliss-reactive ketones (excluding diaryl/α,β-unsaturated/α-hetero) is 1. The quantitative estimate of drug-likeness (QED) is 0.502. The molecule has 0 aliphatic heterocycles. The lowest BCUT2D eigenvalue weighted by Crippen LogP contribution is -2.44. The fourth-order valence-corrected chi connectivity index (χ4v) is 1.28. The van der Waals surface area contributed by atoms with Crippen LogP contribution in [0.5, 0.6) is 0 Å². The molecule has 0 bridgehead atoms. The second kappa shape index (κ2) is 8.05. The number of nitrogens with one attached hydrogen (secondary N) is 1. The Morgan fingerprint density at radius 1 is 1.44 bits per heavy atom. The maximum Gasteiger partial charge on any atom is 0.246 e. The van der Waals surface area contributed by atoms with Gasteiger partial charge in [0.1, 0.15) is 6.61 Å². The molecule has 0 fully saturated rings. The van der Waals surface area contributed by atoms with Crippen molar-refractivity contribution in [1.82, 2.24) is 5.32 Å². The van der Waals surface area contributed by atoms with Gasteiger partial charge in [-0.15, -0.1) is 6.58 Å². The minimum Gasteiger partial charge on any atom is -0.371 e. The predicted octanol–water partition coefficient (Wildman–Crippen LogP) is 1.31. The highest BCUT2D eigenvalue weighted by Crippen LogP contribution is 2.02. The first-order valence-electron chi connectivity index (χ1n) is 5.47. The summed E-state index contributed by atoms with van der Waals surface area (Å²) < 4.78 is 5.10. The van der Waals surface area contributed by atoms with Crippen LogP contribution in [0, 0.1) is 5.92 Å². The van der Waals surface area contributed by atoms with Crippen LogP contribution >= 0.6 is 0 Å². The van der Waals surface area contributed by atoms with E-state index in [1.807, 2.05) is 13.8 Å². The Labute approximate surface area is 97.1 Å². The number of ketones is 1. The lowest BCUT2D eigenvalue weighted by atomic mass is 10.0. The topological polar surface area (TPSA) is 55.4 Å². The van der Waals surface area contributed by atoms with Gasteiger partial charge in [-0.25, -0.2) is 0 Å². The van der Waals surface area contributed by atoms with Gasteiger partial charge in [0.2, 0.25) is 5.91 Å². The van der Waals surface area contributed by atoms with Gasteiger partial charge in [-0.1, -0.05) is 19.9 Å². The summed E-state index contributed by atoms with van der Waals surface area (Å²) in [7, 11) is 0. The first kappa shape index (κ1) is 14.8. The Kier molecular flexibility index (Phi) is 7.46. The van der Waals surface area contributed by atoms with E-state index in [-0.39, 0.29) is 24.2 Å². The standard InChI is InChI=1S/C12H21NO3/c1-5-6-7-16-8-11(15)13-12(9(2)3)10(4)14/h5,9,12H,1,6-8H2,2-4H3,(H,13,15). The van der Waals surface area contributed by atoms with Gasteiger partial charge in [0.25, 0.3) is 0 Å². The van der Waals surface area contributed by atoms with Crippen molar-refractivity contribution in [3.63, 3.8) is 0 Å². The van der Waals surface area contributed by atoms with Gasteiger partial charge in [-0.3, -0.25) is 9.59 Å². The van der Waals surface area contributed by atoms with Crippen molar-refractivity contribution in [3.05, 3.63) is 12.7 Å². The molecule has 0 radical (unpaired) electrons. The molecule has 1 amide bonds. The van der Waals surface area contributed by atoms with Gasteiger partial charge < -0.3 is 10.1 Å². The van der Waals surface area contributed by atoms with E-state index >= 15 is 0 Å². The van der Waals surface area contributed by atoms with Crippen LogP contribution in [0.25, 0.3) is 0 Å². The van der Waals surface area contributed by atoms with E-state index in [0.29, 0.717) is 13.0 Å². The predicted molar refractivity (Wildman–Crippen MR) is 63.1 cm³/mol. The average molecular weight is 227 g/mol. The third kappa shape index (κ3) is 6.35. The van der Waals surface area contributed by atoms with E-state index in [1.54, 1.807) is 6.08 Å². The highest BCUT2D eigenvalue weighted by molar-refractivity contribution is 5.88. The molecule has 0 aromatic rings. The Morgan fingerprint density at radius 2 is 2.06 bits per heavy atom. The van der Waals surface area contributed by atoms with Crippen LogP contribution in [-0.4, -0.2) is 30.9 Å². The molecule has 0 saturated heterocycles. The number of hydrogen-bond acceptors (Lipinski definition) is 3. The fourth-order valence-electron chi connectivity index (χ4n) is 1.28. The number of carbonyl (C=O) groups excluding carboxylic acids is 2. The third-order valence-corrected chi connectivity index (χ3v) is 2.12. The fraction of sp³-hybridized carbons (Fsp3) is 0.667. The number of rotatable bonds is 8. The van der Waals surface area contributed by atoms with Crippen molar-refractivity contribution in [2.45, 2.75) is 33.2 Å². The smallest absolute Gasteiger partial charge is 0.246 e. The zero-order valence-electron chi connectivity index (χ0n) is 10.3. The van der Waals surface area contributed by atoms with E-state index in [9.17, 15) is 9.59 Å². The summed E-state index contributed by atoms with van der Waals surface area (Å²) in [5, 5.41) is 2.65.